The van der Waals surface area contributed by atoms with Gasteiger partial charge in [-0.15, -0.1) is 0 Å². The maximum absolute atomic E-state index is 13.2. The summed E-state index contributed by atoms with van der Waals surface area (Å²) >= 11 is 0. The van der Waals surface area contributed by atoms with Gasteiger partial charge < -0.3 is 9.73 Å². The number of carbonyl (C=O) groups is 1. The number of pyridine rings is 1. The largest absolute Gasteiger partial charge is 0.467 e. The summed E-state index contributed by atoms with van der Waals surface area (Å²) in [5.74, 6) is 0.432. The Kier molecular flexibility index (Phi) is 5.15. The van der Waals surface area contributed by atoms with E-state index in [1.54, 1.807) is 49.0 Å². The number of fused-ring (bicyclic) bond motifs is 1. The Morgan fingerprint density at radius 1 is 1.18 bits per heavy atom. The molecule has 146 valence electrons. The van der Waals surface area contributed by atoms with E-state index in [2.05, 4.69) is 10.3 Å². The number of nitrogens with one attached hydrogen (secondary N) is 1. The molecule has 0 saturated carbocycles. The molecular weight excluding hydrogens is 378 g/mol. The van der Waals surface area contributed by atoms with Gasteiger partial charge in [-0.05, 0) is 37.1 Å². The second-order valence-corrected chi connectivity index (χ2v) is 8.73. The molecule has 0 atom stereocenters. The van der Waals surface area contributed by atoms with Crippen LogP contribution in [0.5, 0.6) is 0 Å². The first-order valence-corrected chi connectivity index (χ1v) is 10.6. The van der Waals surface area contributed by atoms with Crippen molar-refractivity contribution in [1.82, 2.24) is 14.6 Å². The van der Waals surface area contributed by atoms with E-state index in [0.29, 0.717) is 43.6 Å². The Bertz CT molecular complexity index is 1070. The van der Waals surface area contributed by atoms with E-state index in [-0.39, 0.29) is 16.7 Å². The van der Waals surface area contributed by atoms with Crippen molar-refractivity contribution in [2.75, 3.05) is 13.1 Å². The fourth-order valence-corrected chi connectivity index (χ4v) is 5.23. The molecule has 1 amide bonds. The third-order valence-corrected chi connectivity index (χ3v) is 7.06. The second kappa shape index (κ2) is 7.73. The Morgan fingerprint density at radius 2 is 2.00 bits per heavy atom. The Balaban J connectivity index is 1.43. The van der Waals surface area contributed by atoms with E-state index in [4.69, 9.17) is 4.42 Å². The van der Waals surface area contributed by atoms with Crippen LogP contribution in [0.3, 0.4) is 0 Å². The highest BCUT2D eigenvalue weighted by atomic mass is 32.2. The Labute approximate surface area is 163 Å². The first kappa shape index (κ1) is 18.6. The number of furan rings is 1. The van der Waals surface area contributed by atoms with Crippen molar-refractivity contribution >= 4 is 26.7 Å². The normalized spacial score (nSPS) is 16.3. The number of hydrogen-bond acceptors (Lipinski definition) is 5. The van der Waals surface area contributed by atoms with Gasteiger partial charge in [-0.25, -0.2) is 8.42 Å². The summed E-state index contributed by atoms with van der Waals surface area (Å²) in [6.45, 7) is 0.986. The molecule has 1 aliphatic rings. The monoisotopic (exact) mass is 399 g/mol. The molecule has 0 radical (unpaired) electrons. The molecule has 1 N–H and O–H groups in total. The zero-order valence-electron chi connectivity index (χ0n) is 15.2. The standard InChI is InChI=1S/C20H21N3O4S/c24-20(22-14-17-4-2-12-27-17)15-7-10-23(11-8-15)28(25,26)19-5-1-3-16-13-21-9-6-18(16)19/h1-6,9,12-13,15H,7-8,10-11,14H2,(H,22,24). The van der Waals surface area contributed by atoms with E-state index < -0.39 is 10.0 Å². The topological polar surface area (TPSA) is 92.5 Å². The third-order valence-electron chi connectivity index (χ3n) is 5.10. The quantitative estimate of drug-likeness (QED) is 0.712. The van der Waals surface area contributed by atoms with Crippen molar-refractivity contribution in [3.05, 3.63) is 60.8 Å². The lowest BCUT2D eigenvalue weighted by molar-refractivity contribution is -0.126. The Hall–Kier alpha value is -2.71. The Morgan fingerprint density at radius 3 is 2.75 bits per heavy atom. The molecular formula is C20H21N3O4S. The molecule has 0 bridgehead atoms. The predicted molar refractivity (Wildman–Crippen MR) is 104 cm³/mol. The van der Waals surface area contributed by atoms with Crippen molar-refractivity contribution in [1.29, 1.82) is 0 Å². The summed E-state index contributed by atoms with van der Waals surface area (Å²) in [6, 6.07) is 10.5. The van der Waals surface area contributed by atoms with E-state index >= 15 is 0 Å². The number of aromatic nitrogens is 1. The highest BCUT2D eigenvalue weighted by Crippen LogP contribution is 2.28. The summed E-state index contributed by atoms with van der Waals surface area (Å²) in [5.41, 5.74) is 0. The summed E-state index contributed by atoms with van der Waals surface area (Å²) in [5, 5.41) is 4.31. The minimum atomic E-state index is -3.63. The highest BCUT2D eigenvalue weighted by Gasteiger charge is 2.32. The van der Waals surface area contributed by atoms with Crippen LogP contribution in [0.2, 0.25) is 0 Å². The SMILES string of the molecule is O=C(NCc1ccco1)C1CCN(S(=O)(=O)c2cccc3cnccc23)CC1. The molecule has 1 aromatic carbocycles. The highest BCUT2D eigenvalue weighted by molar-refractivity contribution is 7.89. The zero-order valence-corrected chi connectivity index (χ0v) is 16.1. The maximum atomic E-state index is 13.2. The van der Waals surface area contributed by atoms with Gasteiger partial charge >= 0.3 is 0 Å². The number of piperidine rings is 1. The van der Waals surface area contributed by atoms with Crippen LogP contribution >= 0.6 is 0 Å². The van der Waals surface area contributed by atoms with Crippen molar-refractivity contribution < 1.29 is 17.6 Å². The number of nitrogens with zero attached hydrogens (tertiary/aromatic N) is 2. The van der Waals surface area contributed by atoms with Crippen LogP contribution in [0.15, 0.2) is 64.4 Å². The summed E-state index contributed by atoms with van der Waals surface area (Å²) < 4.78 is 33.0. The van der Waals surface area contributed by atoms with E-state index in [1.807, 2.05) is 6.07 Å². The minimum Gasteiger partial charge on any atom is -0.467 e. The molecule has 7 nitrogen and oxygen atoms in total. The fraction of sp³-hybridized carbons (Fsp3) is 0.300. The van der Waals surface area contributed by atoms with E-state index in [9.17, 15) is 13.2 Å². The van der Waals surface area contributed by atoms with Gasteiger partial charge in [-0.1, -0.05) is 12.1 Å². The number of benzene rings is 1. The number of hydrogen-bond donors (Lipinski definition) is 1. The molecule has 28 heavy (non-hydrogen) atoms. The number of carbonyl (C=O) groups excluding carboxylic acids is 1. The average molecular weight is 399 g/mol. The van der Waals surface area contributed by atoms with Crippen LogP contribution in [0, 0.1) is 5.92 Å². The molecule has 1 aliphatic heterocycles. The van der Waals surface area contributed by atoms with Crippen LogP contribution in [0.4, 0.5) is 0 Å². The summed E-state index contributed by atoms with van der Waals surface area (Å²) in [4.78, 5) is 16.7. The van der Waals surface area contributed by atoms with Crippen molar-refractivity contribution in [2.24, 2.45) is 5.92 Å². The third kappa shape index (κ3) is 3.65. The van der Waals surface area contributed by atoms with Crippen LogP contribution in [-0.2, 0) is 21.4 Å². The van der Waals surface area contributed by atoms with Gasteiger partial charge in [0, 0.05) is 42.2 Å². The van der Waals surface area contributed by atoms with E-state index in [1.165, 1.54) is 4.31 Å². The van der Waals surface area contributed by atoms with Gasteiger partial charge in [0.25, 0.3) is 0 Å². The fourth-order valence-electron chi connectivity index (χ4n) is 3.55. The van der Waals surface area contributed by atoms with Gasteiger partial charge in [0.2, 0.25) is 15.9 Å². The molecule has 3 heterocycles. The van der Waals surface area contributed by atoms with Crippen LogP contribution in [0.25, 0.3) is 10.8 Å². The lowest BCUT2D eigenvalue weighted by Gasteiger charge is -2.30. The first-order chi connectivity index (χ1) is 13.6. The molecule has 3 aromatic rings. The average Bonchev–Trinajstić information content (AvgIpc) is 3.25. The molecule has 4 rings (SSSR count). The number of rotatable bonds is 5. The minimum absolute atomic E-state index is 0.0651. The van der Waals surface area contributed by atoms with Gasteiger partial charge in [0.15, 0.2) is 0 Å². The molecule has 8 heteroatoms. The van der Waals surface area contributed by atoms with Crippen molar-refractivity contribution in [3.8, 4) is 0 Å². The number of sulfonamides is 1. The van der Waals surface area contributed by atoms with Gasteiger partial charge in [-0.3, -0.25) is 9.78 Å². The lowest BCUT2D eigenvalue weighted by Crippen LogP contribution is -2.42. The summed E-state index contributed by atoms with van der Waals surface area (Å²) in [7, 11) is -3.63. The van der Waals surface area contributed by atoms with Crippen LogP contribution < -0.4 is 5.32 Å². The first-order valence-electron chi connectivity index (χ1n) is 9.19. The van der Waals surface area contributed by atoms with E-state index in [0.717, 1.165) is 5.39 Å². The number of amides is 1. The zero-order chi connectivity index (χ0) is 19.6. The molecule has 0 unspecified atom stereocenters. The van der Waals surface area contributed by atoms with Crippen molar-refractivity contribution in [3.63, 3.8) is 0 Å². The van der Waals surface area contributed by atoms with Crippen molar-refractivity contribution in [2.45, 2.75) is 24.3 Å². The van der Waals surface area contributed by atoms with Gasteiger partial charge in [-0.2, -0.15) is 4.31 Å². The summed E-state index contributed by atoms with van der Waals surface area (Å²) in [6.07, 6.45) is 5.81. The predicted octanol–water partition coefficient (Wildman–Crippen LogP) is 2.54. The molecule has 0 spiro atoms. The van der Waals surface area contributed by atoms with Gasteiger partial charge in [0.05, 0.1) is 17.7 Å². The molecule has 1 saturated heterocycles. The maximum Gasteiger partial charge on any atom is 0.243 e. The second-order valence-electron chi connectivity index (χ2n) is 6.83. The smallest absolute Gasteiger partial charge is 0.243 e. The van der Waals surface area contributed by atoms with Gasteiger partial charge in [0.1, 0.15) is 5.76 Å². The molecule has 0 aliphatic carbocycles. The lowest BCUT2D eigenvalue weighted by atomic mass is 9.97. The van der Waals surface area contributed by atoms with Crippen LogP contribution in [-0.4, -0.2) is 36.7 Å². The van der Waals surface area contributed by atoms with Crippen LogP contribution in [0.1, 0.15) is 18.6 Å². The molecule has 1 fully saturated rings. The molecule has 2 aromatic heterocycles.